The molecule has 4 nitrogen and oxygen atoms in total. The number of hydrogen-bond donors (Lipinski definition) is 2. The van der Waals surface area contributed by atoms with Crippen LogP contribution < -0.4 is 10.5 Å². The molecule has 0 spiro atoms. The maximum absolute atomic E-state index is 12.2. The monoisotopic (exact) mass is 312 g/mol. The molecule has 3 N–H and O–H groups in total. The van der Waals surface area contributed by atoms with Crippen LogP contribution in [0.15, 0.2) is 24.3 Å². The molecule has 21 heavy (non-hydrogen) atoms. The van der Waals surface area contributed by atoms with Crippen LogP contribution in [-0.2, 0) is 22.3 Å². The minimum Gasteiger partial charge on any atom is -0.326 e. The van der Waals surface area contributed by atoms with Crippen LogP contribution in [0.3, 0.4) is 0 Å². The Morgan fingerprint density at radius 2 is 1.86 bits per heavy atom. The van der Waals surface area contributed by atoms with E-state index in [-0.39, 0.29) is 5.75 Å². The van der Waals surface area contributed by atoms with Gasteiger partial charge in [-0.3, -0.25) is 0 Å². The molecule has 1 aromatic rings. The maximum Gasteiger partial charge on any atom is 0.215 e. The van der Waals surface area contributed by atoms with Gasteiger partial charge in [-0.2, -0.15) is 0 Å². The highest BCUT2D eigenvalue weighted by Gasteiger charge is 2.15. The van der Waals surface area contributed by atoms with Crippen LogP contribution >= 0.6 is 0 Å². The Hall–Kier alpha value is -0.910. The lowest BCUT2D eigenvalue weighted by molar-refractivity contribution is 0.443. The predicted octanol–water partition coefficient (Wildman–Crippen LogP) is 2.78. The van der Waals surface area contributed by atoms with E-state index in [9.17, 15) is 8.42 Å². The Balaban J connectivity index is 2.61. The van der Waals surface area contributed by atoms with Crippen molar-refractivity contribution in [3.63, 3.8) is 0 Å². The van der Waals surface area contributed by atoms with Crippen LogP contribution in [0.1, 0.15) is 50.7 Å². The van der Waals surface area contributed by atoms with Crippen LogP contribution in [0.25, 0.3) is 0 Å². The van der Waals surface area contributed by atoms with E-state index in [4.69, 9.17) is 5.73 Å². The van der Waals surface area contributed by atoms with Gasteiger partial charge in [0.1, 0.15) is 0 Å². The van der Waals surface area contributed by atoms with Crippen molar-refractivity contribution in [1.29, 1.82) is 0 Å². The minimum atomic E-state index is -3.30. The maximum atomic E-state index is 12.2. The molecule has 0 aliphatic heterocycles. The third-order valence-corrected chi connectivity index (χ3v) is 5.12. The summed E-state index contributed by atoms with van der Waals surface area (Å²) in [7, 11) is -3.30. The van der Waals surface area contributed by atoms with Crippen LogP contribution in [-0.4, -0.2) is 15.0 Å². The number of nitrogens with one attached hydrogen (secondary N) is 1. The average molecular weight is 312 g/mol. The van der Waals surface area contributed by atoms with Gasteiger partial charge in [-0.15, -0.1) is 0 Å². The van der Waals surface area contributed by atoms with E-state index in [1.807, 2.05) is 24.3 Å². The van der Waals surface area contributed by atoms with Crippen LogP contribution in [0.2, 0.25) is 0 Å². The summed E-state index contributed by atoms with van der Waals surface area (Å²) in [5, 5.41) is 0. The van der Waals surface area contributed by atoms with Crippen LogP contribution in [0.5, 0.6) is 0 Å². The van der Waals surface area contributed by atoms with Crippen LogP contribution in [0, 0.1) is 5.92 Å². The van der Waals surface area contributed by atoms with Gasteiger partial charge in [-0.25, -0.2) is 13.1 Å². The van der Waals surface area contributed by atoms with Crippen molar-refractivity contribution in [3.05, 3.63) is 35.4 Å². The third-order valence-electron chi connectivity index (χ3n) is 3.82. The zero-order chi connectivity index (χ0) is 15.7. The standard InChI is InChI=1S/C16H28N2O2S/c1-3-5-8-14(4-2)12-18-21(19,20)13-16-10-7-6-9-15(16)11-17/h6-7,9-10,14,18H,3-5,8,11-13,17H2,1-2H3. The van der Waals surface area contributed by atoms with Gasteiger partial charge in [0.2, 0.25) is 10.0 Å². The van der Waals surface area contributed by atoms with Crippen molar-refractivity contribution in [2.24, 2.45) is 11.7 Å². The van der Waals surface area contributed by atoms with Crippen molar-refractivity contribution in [3.8, 4) is 0 Å². The summed E-state index contributed by atoms with van der Waals surface area (Å²) in [6.07, 6.45) is 4.38. The summed E-state index contributed by atoms with van der Waals surface area (Å²) in [6, 6.07) is 7.43. The number of rotatable bonds is 10. The summed E-state index contributed by atoms with van der Waals surface area (Å²) in [4.78, 5) is 0. The molecule has 0 bridgehead atoms. The molecule has 0 amide bonds. The normalized spacial score (nSPS) is 13.3. The third kappa shape index (κ3) is 6.59. The molecule has 0 fully saturated rings. The van der Waals surface area contributed by atoms with Crippen molar-refractivity contribution >= 4 is 10.0 Å². The van der Waals surface area contributed by atoms with E-state index in [0.717, 1.165) is 36.8 Å². The number of nitrogens with two attached hydrogens (primary N) is 1. The Kier molecular flexibility index (Phi) is 7.93. The Bertz CT molecular complexity index is 515. The fraction of sp³-hybridized carbons (Fsp3) is 0.625. The fourth-order valence-corrected chi connectivity index (χ4v) is 3.62. The molecule has 1 unspecified atom stereocenters. The van der Waals surface area contributed by atoms with Crippen molar-refractivity contribution in [2.75, 3.05) is 6.54 Å². The SMILES string of the molecule is CCCCC(CC)CNS(=O)(=O)Cc1ccccc1CN. The highest BCUT2D eigenvalue weighted by Crippen LogP contribution is 2.14. The molecule has 0 aromatic heterocycles. The molecule has 1 aromatic carbocycles. The number of unbranched alkanes of at least 4 members (excludes halogenated alkanes) is 1. The lowest BCUT2D eigenvalue weighted by Crippen LogP contribution is -2.30. The number of hydrogen-bond acceptors (Lipinski definition) is 3. The second-order valence-corrected chi connectivity index (χ2v) is 7.30. The topological polar surface area (TPSA) is 72.2 Å². The molecule has 0 saturated heterocycles. The highest BCUT2D eigenvalue weighted by molar-refractivity contribution is 7.88. The lowest BCUT2D eigenvalue weighted by atomic mass is 10.00. The summed E-state index contributed by atoms with van der Waals surface area (Å²) in [5.74, 6) is 0.425. The first-order valence-electron chi connectivity index (χ1n) is 7.76. The molecular weight excluding hydrogens is 284 g/mol. The lowest BCUT2D eigenvalue weighted by Gasteiger charge is -2.16. The van der Waals surface area contributed by atoms with Crippen molar-refractivity contribution in [1.82, 2.24) is 4.72 Å². The Labute approximate surface area is 129 Å². The molecule has 1 atom stereocenters. The van der Waals surface area contributed by atoms with E-state index in [1.165, 1.54) is 0 Å². The second-order valence-electron chi connectivity index (χ2n) is 5.50. The molecular formula is C16H28N2O2S. The van der Waals surface area contributed by atoms with Gasteiger partial charge in [-0.1, -0.05) is 57.4 Å². The first-order chi connectivity index (χ1) is 10.0. The molecule has 0 saturated carbocycles. The highest BCUT2D eigenvalue weighted by atomic mass is 32.2. The van der Waals surface area contributed by atoms with Gasteiger partial charge in [-0.05, 0) is 23.5 Å². The quantitative estimate of drug-likeness (QED) is 0.698. The van der Waals surface area contributed by atoms with Gasteiger partial charge in [0.15, 0.2) is 0 Å². The molecule has 0 heterocycles. The molecule has 120 valence electrons. The summed E-state index contributed by atoms with van der Waals surface area (Å²) in [5.41, 5.74) is 7.33. The zero-order valence-corrected chi connectivity index (χ0v) is 14.0. The van der Waals surface area contributed by atoms with E-state index < -0.39 is 10.0 Å². The molecule has 5 heteroatoms. The molecule has 0 radical (unpaired) electrons. The van der Waals surface area contributed by atoms with Gasteiger partial charge >= 0.3 is 0 Å². The van der Waals surface area contributed by atoms with Gasteiger partial charge in [0.05, 0.1) is 5.75 Å². The van der Waals surface area contributed by atoms with Crippen molar-refractivity contribution < 1.29 is 8.42 Å². The van der Waals surface area contributed by atoms with E-state index in [2.05, 4.69) is 18.6 Å². The predicted molar refractivity (Wildman–Crippen MR) is 88.3 cm³/mol. The van der Waals surface area contributed by atoms with E-state index in [1.54, 1.807) is 0 Å². The van der Waals surface area contributed by atoms with Gasteiger partial charge in [0.25, 0.3) is 0 Å². The molecule has 1 rings (SSSR count). The summed E-state index contributed by atoms with van der Waals surface area (Å²) < 4.78 is 27.2. The summed E-state index contributed by atoms with van der Waals surface area (Å²) in [6.45, 7) is 5.16. The average Bonchev–Trinajstić information content (AvgIpc) is 2.47. The molecule has 0 aliphatic rings. The summed E-state index contributed by atoms with van der Waals surface area (Å²) >= 11 is 0. The van der Waals surface area contributed by atoms with E-state index in [0.29, 0.717) is 19.0 Å². The van der Waals surface area contributed by atoms with Gasteiger partial charge < -0.3 is 5.73 Å². The Morgan fingerprint density at radius 1 is 1.19 bits per heavy atom. The van der Waals surface area contributed by atoms with Gasteiger partial charge in [0, 0.05) is 13.1 Å². The minimum absolute atomic E-state index is 0.00455. The van der Waals surface area contributed by atoms with Crippen LogP contribution in [0.4, 0.5) is 0 Å². The largest absolute Gasteiger partial charge is 0.326 e. The second kappa shape index (κ2) is 9.18. The molecule has 0 aliphatic carbocycles. The smallest absolute Gasteiger partial charge is 0.215 e. The first kappa shape index (κ1) is 18.1. The van der Waals surface area contributed by atoms with Crippen molar-refractivity contribution in [2.45, 2.75) is 51.8 Å². The van der Waals surface area contributed by atoms with E-state index >= 15 is 0 Å². The first-order valence-corrected chi connectivity index (χ1v) is 9.41. The fourth-order valence-electron chi connectivity index (χ4n) is 2.34. The number of sulfonamides is 1. The Morgan fingerprint density at radius 3 is 2.43 bits per heavy atom. The zero-order valence-electron chi connectivity index (χ0n) is 13.1. The number of benzene rings is 1.